The van der Waals surface area contributed by atoms with Crippen LogP contribution in [0.25, 0.3) is 0 Å². The number of nitrogens with one attached hydrogen (secondary N) is 2. The predicted molar refractivity (Wildman–Crippen MR) is 85.2 cm³/mol. The van der Waals surface area contributed by atoms with Gasteiger partial charge in [0, 0.05) is 24.2 Å². The van der Waals surface area contributed by atoms with Gasteiger partial charge in [-0.05, 0) is 36.9 Å². The van der Waals surface area contributed by atoms with Crippen LogP contribution in [0.15, 0.2) is 40.7 Å². The fraction of sp³-hybridized carbons (Fsp3) is 0.333. The lowest BCUT2D eigenvalue weighted by molar-refractivity contribution is 0.785. The first-order valence-electron chi connectivity index (χ1n) is 6.67. The topological polar surface area (TPSA) is 49.3 Å². The van der Waals surface area contributed by atoms with Gasteiger partial charge in [-0.1, -0.05) is 12.1 Å². The van der Waals surface area contributed by atoms with Crippen molar-refractivity contribution in [2.24, 2.45) is 4.99 Å². The maximum absolute atomic E-state index is 4.46. The second-order valence-corrected chi connectivity index (χ2v) is 5.48. The molecule has 0 saturated heterocycles. The highest BCUT2D eigenvalue weighted by Gasteiger charge is 2.00. The van der Waals surface area contributed by atoms with E-state index in [1.165, 1.54) is 4.88 Å². The number of nitrogens with zero attached hydrogens (tertiary/aromatic N) is 2. The van der Waals surface area contributed by atoms with Crippen LogP contribution >= 0.6 is 11.3 Å². The van der Waals surface area contributed by atoms with Gasteiger partial charge in [-0.2, -0.15) is 0 Å². The van der Waals surface area contributed by atoms with Gasteiger partial charge in [-0.3, -0.25) is 9.98 Å². The van der Waals surface area contributed by atoms with Gasteiger partial charge in [-0.25, -0.2) is 0 Å². The molecule has 2 heterocycles. The number of aryl methyl sites for hydroxylation is 1. The molecule has 0 atom stereocenters. The molecule has 2 aromatic rings. The van der Waals surface area contributed by atoms with E-state index in [2.05, 4.69) is 38.1 Å². The maximum Gasteiger partial charge on any atom is 0.191 e. The Morgan fingerprint density at radius 2 is 2.15 bits per heavy atom. The molecular weight excluding hydrogens is 268 g/mol. The van der Waals surface area contributed by atoms with Crippen LogP contribution in [0.3, 0.4) is 0 Å². The molecule has 2 rings (SSSR count). The van der Waals surface area contributed by atoms with E-state index in [0.717, 1.165) is 30.3 Å². The van der Waals surface area contributed by atoms with Gasteiger partial charge >= 0.3 is 0 Å². The summed E-state index contributed by atoms with van der Waals surface area (Å²) in [6, 6.07) is 10.3. The Hall–Kier alpha value is -1.88. The van der Waals surface area contributed by atoms with Crippen LogP contribution in [0.2, 0.25) is 0 Å². The van der Waals surface area contributed by atoms with E-state index >= 15 is 0 Å². The number of thiophene rings is 1. The molecule has 0 aliphatic carbocycles. The fourth-order valence-electron chi connectivity index (χ4n) is 1.85. The molecule has 0 fully saturated rings. The zero-order valence-corrected chi connectivity index (χ0v) is 12.7. The van der Waals surface area contributed by atoms with Crippen LogP contribution in [0, 0.1) is 6.92 Å². The second-order valence-electron chi connectivity index (χ2n) is 4.45. The van der Waals surface area contributed by atoms with Gasteiger partial charge in [-0.15, -0.1) is 11.3 Å². The molecule has 2 aromatic heterocycles. The number of pyridine rings is 1. The van der Waals surface area contributed by atoms with Crippen molar-refractivity contribution >= 4 is 17.3 Å². The van der Waals surface area contributed by atoms with E-state index < -0.39 is 0 Å². The Labute approximate surface area is 124 Å². The summed E-state index contributed by atoms with van der Waals surface area (Å²) in [5.41, 5.74) is 2.05. The first-order valence-corrected chi connectivity index (χ1v) is 7.55. The van der Waals surface area contributed by atoms with E-state index in [0.29, 0.717) is 6.54 Å². The second kappa shape index (κ2) is 7.65. The van der Waals surface area contributed by atoms with Crippen molar-refractivity contribution in [1.82, 2.24) is 15.6 Å². The molecule has 106 valence electrons. The molecule has 0 aliphatic heterocycles. The number of hydrogen-bond acceptors (Lipinski definition) is 3. The van der Waals surface area contributed by atoms with Crippen LogP contribution in [-0.4, -0.2) is 24.5 Å². The first kappa shape index (κ1) is 14.5. The minimum atomic E-state index is 0.681. The van der Waals surface area contributed by atoms with Crippen molar-refractivity contribution in [2.75, 3.05) is 13.6 Å². The molecule has 0 saturated carbocycles. The van der Waals surface area contributed by atoms with E-state index in [9.17, 15) is 0 Å². The van der Waals surface area contributed by atoms with Crippen molar-refractivity contribution in [2.45, 2.75) is 19.9 Å². The molecular formula is C15H20N4S. The summed E-state index contributed by atoms with van der Waals surface area (Å²) in [4.78, 5) is 10.1. The van der Waals surface area contributed by atoms with E-state index in [-0.39, 0.29) is 0 Å². The Morgan fingerprint density at radius 3 is 2.85 bits per heavy atom. The number of rotatable bonds is 5. The summed E-state index contributed by atoms with van der Waals surface area (Å²) in [6.45, 7) is 3.55. The number of aliphatic imine (C=N–C) groups is 1. The molecule has 0 aliphatic rings. The summed E-state index contributed by atoms with van der Waals surface area (Å²) in [7, 11) is 1.78. The van der Waals surface area contributed by atoms with Gasteiger partial charge in [0.05, 0.1) is 12.2 Å². The fourth-order valence-corrected chi connectivity index (χ4v) is 2.56. The van der Waals surface area contributed by atoms with E-state index in [4.69, 9.17) is 0 Å². The lowest BCUT2D eigenvalue weighted by Gasteiger charge is -2.11. The molecule has 0 radical (unpaired) electrons. The van der Waals surface area contributed by atoms with Gasteiger partial charge in [0.15, 0.2) is 5.96 Å². The van der Waals surface area contributed by atoms with Crippen LogP contribution in [-0.2, 0) is 13.0 Å². The Bertz CT molecular complexity index is 549. The summed E-state index contributed by atoms with van der Waals surface area (Å²) in [5, 5.41) is 8.69. The van der Waals surface area contributed by atoms with Gasteiger partial charge in [0.1, 0.15) is 0 Å². The molecule has 0 amide bonds. The van der Waals surface area contributed by atoms with Crippen molar-refractivity contribution < 1.29 is 0 Å². The lowest BCUT2D eigenvalue weighted by atomic mass is 10.3. The highest BCUT2D eigenvalue weighted by molar-refractivity contribution is 7.09. The first-order chi connectivity index (χ1) is 9.78. The number of hydrogen-bond donors (Lipinski definition) is 2. The molecule has 4 nitrogen and oxygen atoms in total. The standard InChI is InChI=1S/C15H20N4S/c1-12-5-3-6-13(19-12)11-18-15(16-2)17-9-8-14-7-4-10-20-14/h3-7,10H,8-9,11H2,1-2H3,(H2,16,17,18). The molecule has 2 N–H and O–H groups in total. The normalized spacial score (nSPS) is 11.4. The molecule has 0 bridgehead atoms. The summed E-state index contributed by atoms with van der Waals surface area (Å²) < 4.78 is 0. The molecule has 0 unspecified atom stereocenters. The number of guanidine groups is 1. The monoisotopic (exact) mass is 288 g/mol. The van der Waals surface area contributed by atoms with Crippen molar-refractivity contribution in [3.05, 3.63) is 52.0 Å². The highest BCUT2D eigenvalue weighted by atomic mass is 32.1. The molecule has 0 aromatic carbocycles. The van der Waals surface area contributed by atoms with E-state index in [1.54, 1.807) is 18.4 Å². The van der Waals surface area contributed by atoms with Gasteiger partial charge in [0.2, 0.25) is 0 Å². The summed E-state index contributed by atoms with van der Waals surface area (Å²) in [6.07, 6.45) is 1.01. The third-order valence-corrected chi connectivity index (χ3v) is 3.79. The van der Waals surface area contributed by atoms with E-state index in [1.807, 2.05) is 25.1 Å². The highest BCUT2D eigenvalue weighted by Crippen LogP contribution is 2.07. The lowest BCUT2D eigenvalue weighted by Crippen LogP contribution is -2.38. The zero-order valence-electron chi connectivity index (χ0n) is 11.9. The Balaban J connectivity index is 1.75. The third kappa shape index (κ3) is 4.66. The molecule has 0 spiro atoms. The molecule has 20 heavy (non-hydrogen) atoms. The number of aromatic nitrogens is 1. The van der Waals surface area contributed by atoms with Gasteiger partial charge in [0.25, 0.3) is 0 Å². The average Bonchev–Trinajstić information content (AvgIpc) is 2.96. The van der Waals surface area contributed by atoms with Crippen molar-refractivity contribution in [3.8, 4) is 0 Å². The molecule has 5 heteroatoms. The van der Waals surface area contributed by atoms with Crippen LogP contribution in [0.4, 0.5) is 0 Å². The van der Waals surface area contributed by atoms with Gasteiger partial charge < -0.3 is 10.6 Å². The Morgan fingerprint density at radius 1 is 1.25 bits per heavy atom. The Kier molecular flexibility index (Phi) is 5.55. The summed E-state index contributed by atoms with van der Waals surface area (Å²) >= 11 is 1.78. The smallest absolute Gasteiger partial charge is 0.191 e. The maximum atomic E-state index is 4.46. The quantitative estimate of drug-likeness (QED) is 0.656. The zero-order chi connectivity index (χ0) is 14.2. The van der Waals surface area contributed by atoms with Crippen LogP contribution < -0.4 is 10.6 Å². The average molecular weight is 288 g/mol. The van der Waals surface area contributed by atoms with Crippen molar-refractivity contribution in [1.29, 1.82) is 0 Å². The minimum Gasteiger partial charge on any atom is -0.356 e. The van der Waals surface area contributed by atoms with Crippen LogP contribution in [0.1, 0.15) is 16.3 Å². The third-order valence-electron chi connectivity index (χ3n) is 2.85. The van der Waals surface area contributed by atoms with Crippen LogP contribution in [0.5, 0.6) is 0 Å². The predicted octanol–water partition coefficient (Wildman–Crippen LogP) is 2.36. The van der Waals surface area contributed by atoms with Crippen molar-refractivity contribution in [3.63, 3.8) is 0 Å². The SMILES string of the molecule is CN=C(NCCc1cccs1)NCc1cccc(C)n1. The minimum absolute atomic E-state index is 0.681. The largest absolute Gasteiger partial charge is 0.356 e. The summed E-state index contributed by atoms with van der Waals surface area (Å²) in [5.74, 6) is 0.810.